The molecule has 0 aliphatic heterocycles. The summed E-state index contributed by atoms with van der Waals surface area (Å²) in [6.45, 7) is 0.653. The maximum absolute atomic E-state index is 6.18. The summed E-state index contributed by atoms with van der Waals surface area (Å²) in [5.41, 5.74) is 8.50. The number of hydrogen-bond donors (Lipinski definition) is 1. The average Bonchev–Trinajstić information content (AvgIpc) is 2.43. The summed E-state index contributed by atoms with van der Waals surface area (Å²) in [5.74, 6) is 0. The van der Waals surface area contributed by atoms with E-state index >= 15 is 0 Å². The molecule has 2 rings (SSSR count). The first kappa shape index (κ1) is 15.1. The summed E-state index contributed by atoms with van der Waals surface area (Å²) >= 11 is 17.2. The first-order valence-corrected chi connectivity index (χ1v) is 7.18. The van der Waals surface area contributed by atoms with E-state index in [9.17, 15) is 0 Å². The van der Waals surface area contributed by atoms with Crippen molar-refractivity contribution in [3.05, 3.63) is 63.6 Å². The number of hydrogen-bond acceptors (Lipinski definition) is 2. The Bertz CT molecular complexity index is 644. The molecular weight excluding hydrogens is 311 g/mol. The van der Waals surface area contributed by atoms with Crippen LogP contribution >= 0.6 is 35.4 Å². The van der Waals surface area contributed by atoms with Crippen LogP contribution in [0.4, 0.5) is 5.69 Å². The molecule has 0 saturated heterocycles. The maximum Gasteiger partial charge on any atom is 0.104 e. The van der Waals surface area contributed by atoms with Gasteiger partial charge >= 0.3 is 0 Å². The van der Waals surface area contributed by atoms with Gasteiger partial charge in [-0.05, 0) is 35.9 Å². The Kier molecular flexibility index (Phi) is 4.86. The van der Waals surface area contributed by atoms with E-state index in [2.05, 4.69) is 4.90 Å². The first-order chi connectivity index (χ1) is 9.47. The monoisotopic (exact) mass is 324 g/mol. The van der Waals surface area contributed by atoms with Crippen molar-refractivity contribution in [1.29, 1.82) is 0 Å². The van der Waals surface area contributed by atoms with Crippen molar-refractivity contribution in [2.24, 2.45) is 5.73 Å². The van der Waals surface area contributed by atoms with Gasteiger partial charge < -0.3 is 10.6 Å². The average molecular weight is 325 g/mol. The third-order valence-corrected chi connectivity index (χ3v) is 3.83. The van der Waals surface area contributed by atoms with Crippen molar-refractivity contribution in [3.8, 4) is 0 Å². The lowest BCUT2D eigenvalue weighted by molar-refractivity contribution is 0.923. The Morgan fingerprint density at radius 1 is 1.20 bits per heavy atom. The van der Waals surface area contributed by atoms with Crippen LogP contribution < -0.4 is 10.6 Å². The van der Waals surface area contributed by atoms with Gasteiger partial charge in [0.25, 0.3) is 0 Å². The van der Waals surface area contributed by atoms with Gasteiger partial charge in [0.05, 0.1) is 0 Å². The van der Waals surface area contributed by atoms with E-state index in [1.807, 2.05) is 37.4 Å². The van der Waals surface area contributed by atoms with Crippen molar-refractivity contribution >= 4 is 46.1 Å². The van der Waals surface area contributed by atoms with Crippen molar-refractivity contribution in [3.63, 3.8) is 0 Å². The number of rotatable bonds is 4. The minimum absolute atomic E-state index is 0.390. The van der Waals surface area contributed by atoms with E-state index in [0.29, 0.717) is 21.6 Å². The lowest BCUT2D eigenvalue weighted by atomic mass is 10.1. The molecule has 0 amide bonds. The molecule has 0 aliphatic rings. The van der Waals surface area contributed by atoms with Crippen LogP contribution in [-0.2, 0) is 6.54 Å². The van der Waals surface area contributed by atoms with Gasteiger partial charge in [0.15, 0.2) is 0 Å². The van der Waals surface area contributed by atoms with Crippen molar-refractivity contribution in [1.82, 2.24) is 0 Å². The van der Waals surface area contributed by atoms with E-state index in [-0.39, 0.29) is 0 Å². The minimum Gasteiger partial charge on any atom is -0.389 e. The molecule has 2 aromatic rings. The standard InChI is InChI=1S/C15H14Cl2N2S/c1-19(9-11-7-12(16)5-6-14(11)17)13-4-2-3-10(8-13)15(18)20/h2-8H,9H2,1H3,(H2,18,20). The number of benzene rings is 2. The van der Waals surface area contributed by atoms with Gasteiger partial charge in [-0.2, -0.15) is 0 Å². The SMILES string of the molecule is CN(Cc1cc(Cl)ccc1Cl)c1cccc(C(N)=S)c1. The van der Waals surface area contributed by atoms with Gasteiger partial charge in [-0.15, -0.1) is 0 Å². The van der Waals surface area contributed by atoms with E-state index in [4.69, 9.17) is 41.2 Å². The molecule has 0 spiro atoms. The molecule has 0 heterocycles. The van der Waals surface area contributed by atoms with E-state index in [1.54, 1.807) is 12.1 Å². The molecule has 0 atom stereocenters. The fourth-order valence-corrected chi connectivity index (χ4v) is 2.41. The Hall–Kier alpha value is -1.29. The van der Waals surface area contributed by atoms with Gasteiger partial charge in [-0.1, -0.05) is 47.6 Å². The van der Waals surface area contributed by atoms with Crippen LogP contribution in [0.5, 0.6) is 0 Å². The molecule has 0 unspecified atom stereocenters. The van der Waals surface area contributed by atoms with E-state index in [1.165, 1.54) is 0 Å². The lowest BCUT2D eigenvalue weighted by Gasteiger charge is -2.21. The normalized spacial score (nSPS) is 10.3. The molecule has 5 heteroatoms. The minimum atomic E-state index is 0.390. The van der Waals surface area contributed by atoms with Gasteiger partial charge in [-0.3, -0.25) is 0 Å². The second-order valence-corrected chi connectivity index (χ2v) is 5.79. The fourth-order valence-electron chi connectivity index (χ4n) is 1.91. The number of nitrogens with zero attached hydrogens (tertiary/aromatic N) is 1. The summed E-state index contributed by atoms with van der Waals surface area (Å²) < 4.78 is 0. The van der Waals surface area contributed by atoms with Crippen LogP contribution in [0.25, 0.3) is 0 Å². The highest BCUT2D eigenvalue weighted by Gasteiger charge is 2.07. The molecule has 2 nitrogen and oxygen atoms in total. The fraction of sp³-hybridized carbons (Fsp3) is 0.133. The topological polar surface area (TPSA) is 29.3 Å². The predicted octanol–water partition coefficient (Wildman–Crippen LogP) is 4.26. The zero-order valence-corrected chi connectivity index (χ0v) is 13.3. The molecule has 0 aliphatic carbocycles. The number of anilines is 1. The molecule has 2 aromatic carbocycles. The second-order valence-electron chi connectivity index (χ2n) is 4.51. The van der Waals surface area contributed by atoms with Gasteiger partial charge in [0.1, 0.15) is 4.99 Å². The maximum atomic E-state index is 6.18. The van der Waals surface area contributed by atoms with Crippen molar-refractivity contribution in [2.45, 2.75) is 6.54 Å². The number of thiocarbonyl (C=S) groups is 1. The molecule has 0 fully saturated rings. The zero-order chi connectivity index (χ0) is 14.7. The highest BCUT2D eigenvalue weighted by molar-refractivity contribution is 7.80. The molecule has 0 radical (unpaired) electrons. The molecule has 0 saturated carbocycles. The van der Waals surface area contributed by atoms with Crippen LogP contribution in [0.2, 0.25) is 10.0 Å². The molecule has 0 bridgehead atoms. The molecule has 2 N–H and O–H groups in total. The molecular formula is C15H14Cl2N2S. The van der Waals surface area contributed by atoms with Crippen molar-refractivity contribution in [2.75, 3.05) is 11.9 Å². The van der Waals surface area contributed by atoms with Crippen LogP contribution in [0, 0.1) is 0 Å². The summed E-state index contributed by atoms with van der Waals surface area (Å²) in [6, 6.07) is 13.2. The number of nitrogens with two attached hydrogens (primary N) is 1. The second kappa shape index (κ2) is 6.44. The Balaban J connectivity index is 2.23. The van der Waals surface area contributed by atoms with E-state index < -0.39 is 0 Å². The quantitative estimate of drug-likeness (QED) is 0.852. The van der Waals surface area contributed by atoms with Gasteiger partial charge in [0, 0.05) is 34.9 Å². The Morgan fingerprint density at radius 2 is 1.95 bits per heavy atom. The summed E-state index contributed by atoms with van der Waals surface area (Å²) in [5, 5.41) is 1.38. The molecule has 104 valence electrons. The smallest absolute Gasteiger partial charge is 0.104 e. The summed E-state index contributed by atoms with van der Waals surface area (Å²) in [7, 11) is 1.98. The van der Waals surface area contributed by atoms with Crippen LogP contribution in [0.15, 0.2) is 42.5 Å². The highest BCUT2D eigenvalue weighted by atomic mass is 35.5. The highest BCUT2D eigenvalue weighted by Crippen LogP contribution is 2.24. The lowest BCUT2D eigenvalue weighted by Crippen LogP contribution is -2.18. The number of halogens is 2. The summed E-state index contributed by atoms with van der Waals surface area (Å²) in [6.07, 6.45) is 0. The largest absolute Gasteiger partial charge is 0.389 e. The zero-order valence-electron chi connectivity index (χ0n) is 10.9. The molecule has 0 aromatic heterocycles. The predicted molar refractivity (Wildman–Crippen MR) is 90.9 cm³/mol. The molecule has 20 heavy (non-hydrogen) atoms. The first-order valence-electron chi connectivity index (χ1n) is 6.02. The third kappa shape index (κ3) is 3.63. The van der Waals surface area contributed by atoms with Crippen LogP contribution in [0.3, 0.4) is 0 Å². The van der Waals surface area contributed by atoms with Crippen LogP contribution in [0.1, 0.15) is 11.1 Å². The third-order valence-electron chi connectivity index (χ3n) is 2.99. The van der Waals surface area contributed by atoms with Gasteiger partial charge in [-0.25, -0.2) is 0 Å². The summed E-state index contributed by atoms with van der Waals surface area (Å²) in [4.78, 5) is 2.46. The Morgan fingerprint density at radius 3 is 2.65 bits per heavy atom. The Labute approximate surface area is 134 Å². The van der Waals surface area contributed by atoms with Gasteiger partial charge in [0.2, 0.25) is 0 Å². The van der Waals surface area contributed by atoms with Crippen LogP contribution in [-0.4, -0.2) is 12.0 Å². The van der Waals surface area contributed by atoms with E-state index in [0.717, 1.165) is 16.8 Å². The van der Waals surface area contributed by atoms with Crippen molar-refractivity contribution < 1.29 is 0 Å².